The van der Waals surface area contributed by atoms with Gasteiger partial charge in [-0.15, -0.1) is 0 Å². The molecule has 1 saturated heterocycles. The van der Waals surface area contributed by atoms with E-state index in [0.717, 1.165) is 6.42 Å². The smallest absolute Gasteiger partial charge is 0.0784 e. The average Bonchev–Trinajstić information content (AvgIpc) is 2.14. The molecule has 1 aliphatic heterocycles. The standard InChI is InChI=1S/C8H14O/c1-6(2)8-5-4-7(3)9-8/h7-8H,1,4-5H2,2-3H3. The van der Waals surface area contributed by atoms with Crippen LogP contribution in [0.5, 0.6) is 0 Å². The van der Waals surface area contributed by atoms with Gasteiger partial charge >= 0.3 is 0 Å². The third-order valence-electron chi connectivity index (χ3n) is 1.78. The number of rotatable bonds is 1. The van der Waals surface area contributed by atoms with Crippen LogP contribution < -0.4 is 0 Å². The lowest BCUT2D eigenvalue weighted by Gasteiger charge is -2.08. The van der Waals surface area contributed by atoms with Crippen LogP contribution in [0.25, 0.3) is 0 Å². The van der Waals surface area contributed by atoms with Crippen LogP contribution in [-0.4, -0.2) is 12.2 Å². The van der Waals surface area contributed by atoms with Crippen molar-refractivity contribution in [3.8, 4) is 0 Å². The fourth-order valence-corrected chi connectivity index (χ4v) is 1.17. The highest BCUT2D eigenvalue weighted by atomic mass is 16.5. The summed E-state index contributed by atoms with van der Waals surface area (Å²) >= 11 is 0. The summed E-state index contributed by atoms with van der Waals surface area (Å²) in [5.74, 6) is 0. The van der Waals surface area contributed by atoms with E-state index >= 15 is 0 Å². The van der Waals surface area contributed by atoms with Crippen molar-refractivity contribution in [1.82, 2.24) is 0 Å². The average molecular weight is 126 g/mol. The van der Waals surface area contributed by atoms with Gasteiger partial charge in [0, 0.05) is 0 Å². The van der Waals surface area contributed by atoms with Gasteiger partial charge in [-0.25, -0.2) is 0 Å². The highest BCUT2D eigenvalue weighted by molar-refractivity contribution is 5.00. The van der Waals surface area contributed by atoms with Gasteiger partial charge in [-0.05, 0) is 26.7 Å². The summed E-state index contributed by atoms with van der Waals surface area (Å²) in [6.07, 6.45) is 3.15. The molecule has 9 heavy (non-hydrogen) atoms. The van der Waals surface area contributed by atoms with Crippen molar-refractivity contribution in [1.29, 1.82) is 0 Å². The molecular weight excluding hydrogens is 112 g/mol. The summed E-state index contributed by atoms with van der Waals surface area (Å²) in [6, 6.07) is 0. The van der Waals surface area contributed by atoms with Crippen LogP contribution in [-0.2, 0) is 4.74 Å². The molecule has 0 aromatic carbocycles. The second kappa shape index (κ2) is 2.53. The Morgan fingerprint density at radius 2 is 2.22 bits per heavy atom. The van der Waals surface area contributed by atoms with E-state index < -0.39 is 0 Å². The van der Waals surface area contributed by atoms with Gasteiger partial charge in [0.05, 0.1) is 12.2 Å². The zero-order chi connectivity index (χ0) is 6.85. The van der Waals surface area contributed by atoms with Gasteiger partial charge in [-0.3, -0.25) is 0 Å². The largest absolute Gasteiger partial charge is 0.371 e. The Labute approximate surface area is 56.7 Å². The highest BCUT2D eigenvalue weighted by Crippen LogP contribution is 2.23. The first-order valence-corrected chi connectivity index (χ1v) is 3.51. The van der Waals surface area contributed by atoms with Crippen molar-refractivity contribution in [3.05, 3.63) is 12.2 Å². The Bertz CT molecular complexity index is 118. The molecule has 1 nitrogen and oxygen atoms in total. The van der Waals surface area contributed by atoms with Gasteiger partial charge in [0.25, 0.3) is 0 Å². The van der Waals surface area contributed by atoms with E-state index in [1.54, 1.807) is 0 Å². The minimum absolute atomic E-state index is 0.347. The summed E-state index contributed by atoms with van der Waals surface area (Å²) in [5, 5.41) is 0. The molecule has 0 N–H and O–H groups in total. The van der Waals surface area contributed by atoms with E-state index in [1.165, 1.54) is 12.0 Å². The van der Waals surface area contributed by atoms with E-state index in [0.29, 0.717) is 12.2 Å². The molecule has 1 aliphatic rings. The lowest BCUT2D eigenvalue weighted by atomic mass is 10.1. The second-order valence-corrected chi connectivity index (χ2v) is 2.86. The summed E-state index contributed by atoms with van der Waals surface area (Å²) in [6.45, 7) is 7.99. The van der Waals surface area contributed by atoms with E-state index in [-0.39, 0.29) is 0 Å². The van der Waals surface area contributed by atoms with Crippen molar-refractivity contribution in [2.45, 2.75) is 38.9 Å². The molecule has 1 heterocycles. The molecule has 0 bridgehead atoms. The van der Waals surface area contributed by atoms with Crippen LogP contribution in [0.2, 0.25) is 0 Å². The lowest BCUT2D eigenvalue weighted by molar-refractivity contribution is 0.0771. The topological polar surface area (TPSA) is 9.23 Å². The fourth-order valence-electron chi connectivity index (χ4n) is 1.17. The second-order valence-electron chi connectivity index (χ2n) is 2.86. The Kier molecular flexibility index (Phi) is 1.91. The molecule has 0 radical (unpaired) electrons. The van der Waals surface area contributed by atoms with Crippen LogP contribution >= 0.6 is 0 Å². The molecule has 0 aromatic heterocycles. The van der Waals surface area contributed by atoms with E-state index in [9.17, 15) is 0 Å². The maximum Gasteiger partial charge on any atom is 0.0784 e. The van der Waals surface area contributed by atoms with Gasteiger partial charge in [-0.1, -0.05) is 12.2 Å². The molecule has 0 aromatic rings. The Balaban J connectivity index is 2.39. The first-order chi connectivity index (χ1) is 4.20. The molecule has 0 spiro atoms. The lowest BCUT2D eigenvalue weighted by Crippen LogP contribution is -2.08. The van der Waals surface area contributed by atoms with Gasteiger partial charge in [0.1, 0.15) is 0 Å². The number of ether oxygens (including phenoxy) is 1. The molecule has 1 heteroatoms. The van der Waals surface area contributed by atoms with Crippen LogP contribution in [0.4, 0.5) is 0 Å². The monoisotopic (exact) mass is 126 g/mol. The summed E-state index contributed by atoms with van der Waals surface area (Å²) in [7, 11) is 0. The molecule has 2 atom stereocenters. The quantitative estimate of drug-likeness (QED) is 0.489. The maximum absolute atomic E-state index is 5.52. The van der Waals surface area contributed by atoms with Crippen LogP contribution in [0, 0.1) is 0 Å². The molecular formula is C8H14O. The highest BCUT2D eigenvalue weighted by Gasteiger charge is 2.21. The van der Waals surface area contributed by atoms with Gasteiger partial charge < -0.3 is 4.74 Å². The molecule has 0 saturated carbocycles. The Morgan fingerprint density at radius 1 is 1.56 bits per heavy atom. The molecule has 0 aliphatic carbocycles. The third-order valence-corrected chi connectivity index (χ3v) is 1.78. The van der Waals surface area contributed by atoms with E-state index in [4.69, 9.17) is 4.74 Å². The molecule has 52 valence electrons. The number of hydrogen-bond donors (Lipinski definition) is 0. The zero-order valence-corrected chi connectivity index (χ0v) is 6.18. The van der Waals surface area contributed by atoms with Gasteiger partial charge in [-0.2, -0.15) is 0 Å². The molecule has 0 amide bonds. The van der Waals surface area contributed by atoms with E-state index in [1.807, 2.05) is 6.92 Å². The predicted octanol–water partition coefficient (Wildman–Crippen LogP) is 2.13. The normalized spacial score (nSPS) is 34.9. The van der Waals surface area contributed by atoms with Crippen molar-refractivity contribution in [3.63, 3.8) is 0 Å². The van der Waals surface area contributed by atoms with Crippen LogP contribution in [0.1, 0.15) is 26.7 Å². The SMILES string of the molecule is C=C(C)C1CCC(C)O1. The molecule has 1 rings (SSSR count). The van der Waals surface area contributed by atoms with Crippen molar-refractivity contribution >= 4 is 0 Å². The summed E-state index contributed by atoms with van der Waals surface area (Å²) in [4.78, 5) is 0. The predicted molar refractivity (Wildman–Crippen MR) is 38.4 cm³/mol. The van der Waals surface area contributed by atoms with Gasteiger partial charge in [0.2, 0.25) is 0 Å². The van der Waals surface area contributed by atoms with Crippen LogP contribution in [0.3, 0.4) is 0 Å². The van der Waals surface area contributed by atoms with Crippen LogP contribution in [0.15, 0.2) is 12.2 Å². The summed E-state index contributed by atoms with van der Waals surface area (Å²) < 4.78 is 5.52. The molecule has 2 unspecified atom stereocenters. The van der Waals surface area contributed by atoms with Crippen molar-refractivity contribution < 1.29 is 4.74 Å². The van der Waals surface area contributed by atoms with E-state index in [2.05, 4.69) is 13.5 Å². The Hall–Kier alpha value is -0.300. The fraction of sp³-hybridized carbons (Fsp3) is 0.750. The zero-order valence-electron chi connectivity index (χ0n) is 6.18. The minimum Gasteiger partial charge on any atom is -0.371 e. The molecule has 1 fully saturated rings. The van der Waals surface area contributed by atoms with Crippen molar-refractivity contribution in [2.24, 2.45) is 0 Å². The summed E-state index contributed by atoms with van der Waals surface area (Å²) in [5.41, 5.74) is 1.17. The van der Waals surface area contributed by atoms with Crippen molar-refractivity contribution in [2.75, 3.05) is 0 Å². The minimum atomic E-state index is 0.347. The first-order valence-electron chi connectivity index (χ1n) is 3.51. The third kappa shape index (κ3) is 1.55. The maximum atomic E-state index is 5.52. The first kappa shape index (κ1) is 6.81. The number of hydrogen-bond acceptors (Lipinski definition) is 1. The Morgan fingerprint density at radius 3 is 2.44 bits per heavy atom. The van der Waals surface area contributed by atoms with Gasteiger partial charge in [0.15, 0.2) is 0 Å².